The van der Waals surface area contributed by atoms with Crippen LogP contribution in [-0.2, 0) is 203 Å². The van der Waals surface area contributed by atoms with Gasteiger partial charge in [0.1, 0.15) is 0 Å². The second-order valence-electron chi connectivity index (χ2n) is 13.2. The number of benzene rings is 4. The molecule has 20 heteroatoms. The van der Waals surface area contributed by atoms with Crippen molar-refractivity contribution in [2.24, 2.45) is 0 Å². The first-order valence-corrected chi connectivity index (χ1v) is 22.8. The molecule has 57 heavy (non-hydrogen) atoms. The van der Waals surface area contributed by atoms with Crippen molar-refractivity contribution in [2.45, 2.75) is 104 Å². The Kier molecular flexibility index (Phi) is 25.7. The molecule has 12 nitrogen and oxygen atoms in total. The zero-order valence-electron chi connectivity index (χ0n) is 31.7. The van der Waals surface area contributed by atoms with E-state index in [0.717, 1.165) is 32.1 Å². The molecule has 0 aliphatic rings. The first kappa shape index (κ1) is 57.9. The molecule has 4 aromatic carbocycles. The van der Waals surface area contributed by atoms with Gasteiger partial charge < -0.3 is 0 Å². The van der Waals surface area contributed by atoms with Crippen molar-refractivity contribution in [1.29, 1.82) is 0 Å². The van der Waals surface area contributed by atoms with Crippen LogP contribution in [0.5, 0.6) is 0 Å². The molecular formula is C37H44O12S4Y4. The van der Waals surface area contributed by atoms with Gasteiger partial charge in [0.05, 0.1) is 19.6 Å². The van der Waals surface area contributed by atoms with Gasteiger partial charge in [0.15, 0.2) is 0 Å². The van der Waals surface area contributed by atoms with Gasteiger partial charge in [0, 0.05) is 131 Å². The van der Waals surface area contributed by atoms with Crippen LogP contribution in [0.1, 0.15) is 90.0 Å². The molecule has 0 saturated heterocycles. The topological polar surface area (TPSA) is 217 Å². The standard InChI is InChI=1S/C37H44O12S4.4Y/c1-3-4-5-6-7-9-31-17-14-29(23-35(31)51(41,42)43)21-30-16-19-33(37(25-30)53(47,48)49)11-8-10-32-18-15-28(24-36(32)52(44,45)46)20-27-13-12-26(2)34(22-27)50(38,39)40;;;;/h12-19,22-25H,3-11,20-21H2,1-2H3,(H,38,39,40)(H,41,42,43)(H,44,45,46)(H,47,48,49);;;;. The molecule has 0 atom stereocenters. The fourth-order valence-corrected chi connectivity index (χ4v) is 9.54. The molecular weight excluding hydrogens is 1120 g/mol. The second-order valence-corrected chi connectivity index (χ2v) is 18.8. The molecule has 0 fully saturated rings. The summed E-state index contributed by atoms with van der Waals surface area (Å²) < 4.78 is 137. The Balaban J connectivity index is 0.00000784. The summed E-state index contributed by atoms with van der Waals surface area (Å²) in [7, 11) is -18.4. The van der Waals surface area contributed by atoms with Crippen molar-refractivity contribution >= 4 is 40.5 Å². The van der Waals surface area contributed by atoms with Gasteiger partial charge in [-0.1, -0.05) is 81.1 Å². The van der Waals surface area contributed by atoms with E-state index in [-0.39, 0.29) is 194 Å². The van der Waals surface area contributed by atoms with Gasteiger partial charge in [-0.05, 0) is 121 Å². The zero-order chi connectivity index (χ0) is 39.2. The third kappa shape index (κ3) is 17.9. The van der Waals surface area contributed by atoms with Gasteiger partial charge in [0.25, 0.3) is 40.5 Å². The van der Waals surface area contributed by atoms with Crippen molar-refractivity contribution in [3.05, 3.63) is 117 Å². The van der Waals surface area contributed by atoms with Crippen LogP contribution in [0, 0.1) is 6.92 Å². The maximum atomic E-state index is 12.4. The summed E-state index contributed by atoms with van der Waals surface area (Å²) in [5, 5.41) is 0. The largest absolute Gasteiger partial charge is 0.294 e. The van der Waals surface area contributed by atoms with Crippen LogP contribution in [0.3, 0.4) is 0 Å². The maximum Gasteiger partial charge on any atom is 0.294 e. The van der Waals surface area contributed by atoms with E-state index in [1.54, 1.807) is 30.3 Å². The minimum Gasteiger partial charge on any atom is -0.282 e. The fourth-order valence-electron chi connectivity index (χ4n) is 6.36. The monoisotopic (exact) mass is 1160 g/mol. The molecule has 0 aromatic heterocycles. The summed E-state index contributed by atoms with van der Waals surface area (Å²) in [4.78, 5) is -1.20. The molecule has 0 heterocycles. The van der Waals surface area contributed by atoms with E-state index in [0.29, 0.717) is 39.8 Å². The van der Waals surface area contributed by atoms with Gasteiger partial charge in [-0.2, -0.15) is 33.7 Å². The first-order valence-electron chi connectivity index (χ1n) is 17.0. The predicted octanol–water partition coefficient (Wildman–Crippen LogP) is 6.84. The Morgan fingerprint density at radius 2 is 0.702 bits per heavy atom. The van der Waals surface area contributed by atoms with Crippen molar-refractivity contribution in [3.63, 3.8) is 0 Å². The van der Waals surface area contributed by atoms with Gasteiger partial charge in [-0.15, -0.1) is 0 Å². The molecule has 4 rings (SSSR count). The molecule has 0 saturated carbocycles. The third-order valence-electron chi connectivity index (χ3n) is 9.02. The number of hydrogen-bond donors (Lipinski definition) is 4. The Morgan fingerprint density at radius 3 is 1.04 bits per heavy atom. The molecule has 4 aromatic rings. The van der Waals surface area contributed by atoms with Crippen LogP contribution >= 0.6 is 0 Å². The average molecular weight is 1160 g/mol. The molecule has 0 aliphatic heterocycles. The van der Waals surface area contributed by atoms with Crippen molar-refractivity contribution in [3.8, 4) is 0 Å². The summed E-state index contributed by atoms with van der Waals surface area (Å²) in [6.07, 6.45) is 5.97. The predicted molar refractivity (Wildman–Crippen MR) is 200 cm³/mol. The number of hydrogen-bond acceptors (Lipinski definition) is 8. The van der Waals surface area contributed by atoms with E-state index in [1.807, 2.05) is 0 Å². The van der Waals surface area contributed by atoms with Crippen molar-refractivity contribution in [1.82, 2.24) is 0 Å². The van der Waals surface area contributed by atoms with Crippen molar-refractivity contribution < 1.29 is 183 Å². The molecule has 4 radical (unpaired) electrons. The first-order chi connectivity index (χ1) is 24.7. The molecule has 0 spiro atoms. The number of rotatable bonds is 18. The molecule has 0 unspecified atom stereocenters. The minimum absolute atomic E-state index is 0. The van der Waals surface area contributed by atoms with Gasteiger partial charge >= 0.3 is 0 Å². The Morgan fingerprint density at radius 1 is 0.404 bits per heavy atom. The third-order valence-corrected chi connectivity index (χ3v) is 12.8. The summed E-state index contributed by atoms with van der Waals surface area (Å²) in [6, 6.07) is 18.0. The fraction of sp³-hybridized carbons (Fsp3) is 0.351. The summed E-state index contributed by atoms with van der Waals surface area (Å²) in [5.41, 5.74) is 3.21. The van der Waals surface area contributed by atoms with Crippen LogP contribution in [-0.4, -0.2) is 51.9 Å². The minimum atomic E-state index is -4.71. The Hall–Kier alpha value is 0.936. The summed E-state index contributed by atoms with van der Waals surface area (Å²) >= 11 is 0. The molecule has 4 N–H and O–H groups in total. The normalized spacial score (nSPS) is 11.8. The van der Waals surface area contributed by atoms with Crippen LogP contribution < -0.4 is 0 Å². The molecule has 300 valence electrons. The summed E-state index contributed by atoms with van der Waals surface area (Å²) in [5.74, 6) is 0. The van der Waals surface area contributed by atoms with E-state index in [2.05, 4.69) is 6.92 Å². The quantitative estimate of drug-likeness (QED) is 0.0595. The number of aryl methyl sites for hydroxylation is 4. The molecule has 0 aliphatic carbocycles. The van der Waals surface area contributed by atoms with E-state index < -0.39 is 40.5 Å². The van der Waals surface area contributed by atoms with Crippen LogP contribution in [0.4, 0.5) is 0 Å². The van der Waals surface area contributed by atoms with Crippen LogP contribution in [0.25, 0.3) is 0 Å². The maximum absolute atomic E-state index is 12.4. The summed E-state index contributed by atoms with van der Waals surface area (Å²) in [6.45, 7) is 3.62. The Bertz CT molecular complexity index is 2420. The smallest absolute Gasteiger partial charge is 0.282 e. The SMILES string of the molecule is CCCCCCCc1ccc(Cc2ccc(CCCc3ccc(Cc4ccc(C)c(S(=O)(=O)O)c4)cc3S(=O)(=O)O)c(S(=O)(=O)O)c2)cc1S(=O)(=O)O.[Y].[Y].[Y].[Y]. The van der Waals surface area contributed by atoms with Gasteiger partial charge in [-0.3, -0.25) is 18.2 Å². The van der Waals surface area contributed by atoms with Crippen LogP contribution in [0.2, 0.25) is 0 Å². The second kappa shape index (κ2) is 25.3. The Labute approximate surface area is 437 Å². The van der Waals surface area contributed by atoms with E-state index in [9.17, 15) is 51.9 Å². The van der Waals surface area contributed by atoms with E-state index in [4.69, 9.17) is 0 Å². The van der Waals surface area contributed by atoms with Crippen molar-refractivity contribution in [2.75, 3.05) is 0 Å². The zero-order valence-corrected chi connectivity index (χ0v) is 46.3. The van der Waals surface area contributed by atoms with Gasteiger partial charge in [0.2, 0.25) is 0 Å². The van der Waals surface area contributed by atoms with E-state index >= 15 is 0 Å². The molecule has 0 bridgehead atoms. The van der Waals surface area contributed by atoms with Crippen LogP contribution in [0.15, 0.2) is 92.4 Å². The van der Waals surface area contributed by atoms with Gasteiger partial charge in [-0.25, -0.2) is 0 Å². The number of unbranched alkanes of at least 4 members (excludes halogenated alkanes) is 4. The van der Waals surface area contributed by atoms with E-state index in [1.165, 1.54) is 49.4 Å². The molecule has 0 amide bonds. The average Bonchev–Trinajstić information content (AvgIpc) is 3.05.